The van der Waals surface area contributed by atoms with Crippen LogP contribution in [-0.2, 0) is 22.6 Å². The van der Waals surface area contributed by atoms with Gasteiger partial charge in [-0.25, -0.2) is 9.78 Å². The molecule has 1 atom stereocenters. The zero-order valence-electron chi connectivity index (χ0n) is 26.2. The fourth-order valence-corrected chi connectivity index (χ4v) is 5.95. The van der Waals surface area contributed by atoms with Gasteiger partial charge < -0.3 is 30.3 Å². The second kappa shape index (κ2) is 14.2. The van der Waals surface area contributed by atoms with Gasteiger partial charge in [0.2, 0.25) is 5.88 Å². The number of para-hydroxylation sites is 1. The van der Waals surface area contributed by atoms with Crippen LogP contribution in [-0.4, -0.2) is 55.2 Å². The number of hydrogen-bond donors (Lipinski definition) is 2. The Kier molecular flexibility index (Phi) is 9.50. The maximum absolute atomic E-state index is 12.3. The zero-order chi connectivity index (χ0) is 32.8. The number of aromatic nitrogens is 1. The molecule has 4 aromatic rings. The molecular weight excluding hydrogens is 611 g/mol. The molecule has 0 saturated heterocycles. The Morgan fingerprint density at radius 1 is 1.15 bits per heavy atom. The van der Waals surface area contributed by atoms with Crippen LogP contribution in [0.4, 0.5) is 10.5 Å². The van der Waals surface area contributed by atoms with Crippen molar-refractivity contribution in [2.24, 2.45) is 10.7 Å². The highest BCUT2D eigenvalue weighted by Crippen LogP contribution is 2.30. The van der Waals surface area contributed by atoms with Crippen molar-refractivity contribution in [2.75, 3.05) is 32.1 Å². The normalized spacial score (nSPS) is 15.7. The molecule has 0 saturated carbocycles. The Hall–Kier alpha value is -5.60. The average molecular weight is 646 g/mol. The predicted molar refractivity (Wildman–Crippen MR) is 186 cm³/mol. The molecule has 0 bridgehead atoms. The number of ether oxygens (including phenoxy) is 2. The van der Waals surface area contributed by atoms with Crippen LogP contribution in [0.5, 0.6) is 0 Å². The van der Waals surface area contributed by atoms with Crippen LogP contribution >= 0.6 is 11.3 Å². The third-order valence-electron chi connectivity index (χ3n) is 7.92. The second-order valence-electron chi connectivity index (χ2n) is 11.3. The highest BCUT2D eigenvalue weighted by Gasteiger charge is 2.28. The quantitative estimate of drug-likeness (QED) is 0.141. The number of rotatable bonds is 12. The maximum Gasteiger partial charge on any atom is 0.407 e. The minimum absolute atomic E-state index is 0.104. The van der Waals surface area contributed by atoms with Gasteiger partial charge in [0.25, 0.3) is 0 Å². The molecule has 1 aliphatic carbocycles. The van der Waals surface area contributed by atoms with Gasteiger partial charge in [0.15, 0.2) is 5.96 Å². The summed E-state index contributed by atoms with van der Waals surface area (Å²) in [7, 11) is 3.86. The lowest BCUT2D eigenvalue weighted by Gasteiger charge is -2.29. The number of likely N-dealkylation sites (N-methyl/N-ethyl adjacent to an activating group) is 2. The van der Waals surface area contributed by atoms with Gasteiger partial charge in [-0.15, -0.1) is 11.3 Å². The molecule has 1 unspecified atom stereocenters. The summed E-state index contributed by atoms with van der Waals surface area (Å²) in [5.74, 6) is 0.966. The largest absolute Gasteiger partial charge is 0.473 e. The number of guanidine groups is 1. The summed E-state index contributed by atoms with van der Waals surface area (Å²) >= 11 is 1.51. The fraction of sp³-hybridized carbons (Fsp3) is 0.222. The van der Waals surface area contributed by atoms with E-state index in [2.05, 4.69) is 27.4 Å². The van der Waals surface area contributed by atoms with Crippen molar-refractivity contribution in [2.45, 2.75) is 25.6 Å². The van der Waals surface area contributed by atoms with Gasteiger partial charge in [0.1, 0.15) is 24.3 Å². The van der Waals surface area contributed by atoms with Crippen molar-refractivity contribution in [3.8, 4) is 6.07 Å². The van der Waals surface area contributed by atoms with Gasteiger partial charge in [0, 0.05) is 32.4 Å². The molecule has 10 nitrogen and oxygen atoms in total. The van der Waals surface area contributed by atoms with Crippen molar-refractivity contribution in [1.82, 2.24) is 15.2 Å². The third kappa shape index (κ3) is 7.98. The number of anilines is 1. The topological polar surface area (TPSA) is 129 Å². The number of allylic oxidation sites excluding steroid dienone is 2. The van der Waals surface area contributed by atoms with Gasteiger partial charge in [-0.1, -0.05) is 54.6 Å². The van der Waals surface area contributed by atoms with E-state index in [1.165, 1.54) is 16.9 Å². The maximum atomic E-state index is 12.3. The van der Waals surface area contributed by atoms with Gasteiger partial charge in [-0.2, -0.15) is 10.3 Å². The highest BCUT2D eigenvalue weighted by molar-refractivity contribution is 7.19. The Bertz CT molecular complexity index is 1890. The molecule has 47 heavy (non-hydrogen) atoms. The van der Waals surface area contributed by atoms with E-state index in [9.17, 15) is 10.1 Å². The monoisotopic (exact) mass is 645 g/mol. The number of hydrogen-bond acceptors (Lipinski definition) is 10. The first kappa shape index (κ1) is 31.4. The first-order chi connectivity index (χ1) is 22.9. The molecule has 6 rings (SSSR count). The van der Waals surface area contributed by atoms with Gasteiger partial charge in [-0.05, 0) is 59.0 Å². The number of benzene rings is 3. The lowest BCUT2D eigenvalue weighted by Crippen LogP contribution is -2.43. The first-order valence-electron chi connectivity index (χ1n) is 15.2. The molecule has 3 N–H and O–H groups in total. The number of thiazole rings is 1. The average Bonchev–Trinajstić information content (AvgIpc) is 3.85. The molecule has 0 spiro atoms. The number of amides is 1. The van der Waals surface area contributed by atoms with Gasteiger partial charge in [0.05, 0.1) is 28.4 Å². The minimum Gasteiger partial charge on any atom is -0.473 e. The number of carbonyl (C=O) groups is 1. The number of carbonyl (C=O) groups excluding carboxylic acids is 1. The summed E-state index contributed by atoms with van der Waals surface area (Å²) in [6.07, 6.45) is 6.53. The van der Waals surface area contributed by atoms with Crippen molar-refractivity contribution in [3.63, 3.8) is 0 Å². The molecule has 1 amide bonds. The molecule has 1 aliphatic heterocycles. The highest BCUT2D eigenvalue weighted by atomic mass is 32.1. The number of aliphatic imine (C=N–C) groups is 1. The van der Waals surface area contributed by atoms with E-state index in [0.29, 0.717) is 42.1 Å². The van der Waals surface area contributed by atoms with E-state index in [0.717, 1.165) is 39.0 Å². The van der Waals surface area contributed by atoms with Crippen molar-refractivity contribution in [1.29, 1.82) is 5.26 Å². The van der Waals surface area contributed by atoms with E-state index in [1.807, 2.05) is 109 Å². The van der Waals surface area contributed by atoms with Crippen LogP contribution in [0.2, 0.25) is 0 Å². The lowest BCUT2D eigenvalue weighted by atomic mass is 10.1. The standard InChI is InChI=1S/C36H35N7O3S/c1-42(29-15-11-24(12-16-29)19-28(21-37)34-40-30-5-3-4-6-32(30)47-34)17-18-45-36(44)39-22-25-7-9-26(10-8-25)23-46-33-20-31(27-13-14-27)43(2)35(38)41-33/h3-13,15-16,19-20,31H,14,17-18,22-23H2,1-2H3,(H2,38,41)(H,39,44)/b28-19+. The van der Waals surface area contributed by atoms with Crippen LogP contribution in [0.1, 0.15) is 28.1 Å². The van der Waals surface area contributed by atoms with Crippen molar-refractivity contribution < 1.29 is 14.3 Å². The summed E-state index contributed by atoms with van der Waals surface area (Å²) in [5, 5.41) is 13.2. The Balaban J connectivity index is 0.917. The Morgan fingerprint density at radius 3 is 2.62 bits per heavy atom. The summed E-state index contributed by atoms with van der Waals surface area (Å²) in [6.45, 7) is 1.47. The van der Waals surface area contributed by atoms with E-state index in [1.54, 1.807) is 0 Å². The SMILES string of the molecule is CN(CCOC(=O)NCc1ccc(COC2=CC(C3=CC3)N(C)C(N)=N2)cc1)c1ccc(/C=C(\C#N)c2nc3ccccc3s2)cc1. The van der Waals surface area contributed by atoms with Crippen LogP contribution < -0.4 is 16.0 Å². The summed E-state index contributed by atoms with van der Waals surface area (Å²) in [5.41, 5.74) is 12.6. The number of nitrogens with one attached hydrogen (secondary N) is 1. The Morgan fingerprint density at radius 2 is 1.89 bits per heavy atom. The van der Waals surface area contributed by atoms with Crippen LogP contribution in [0, 0.1) is 11.3 Å². The van der Waals surface area contributed by atoms with E-state index in [-0.39, 0.29) is 12.6 Å². The number of nitrogens with zero attached hydrogens (tertiary/aromatic N) is 5. The van der Waals surface area contributed by atoms with Crippen molar-refractivity contribution in [3.05, 3.63) is 118 Å². The molecule has 1 aromatic heterocycles. The first-order valence-corrected chi connectivity index (χ1v) is 16.1. The predicted octanol–water partition coefficient (Wildman–Crippen LogP) is 6.04. The molecular formula is C36H35N7O3S. The number of alkyl carbamates (subject to hydrolysis) is 1. The van der Waals surface area contributed by atoms with E-state index in [4.69, 9.17) is 15.2 Å². The molecule has 2 aliphatic rings. The number of nitrogens with two attached hydrogens (primary N) is 1. The third-order valence-corrected chi connectivity index (χ3v) is 8.99. The van der Waals surface area contributed by atoms with Crippen LogP contribution in [0.15, 0.2) is 101 Å². The van der Waals surface area contributed by atoms with Crippen molar-refractivity contribution >= 4 is 50.9 Å². The van der Waals surface area contributed by atoms with Gasteiger partial charge in [-0.3, -0.25) is 0 Å². The molecule has 11 heteroatoms. The summed E-state index contributed by atoms with van der Waals surface area (Å²) < 4.78 is 12.4. The minimum atomic E-state index is -0.477. The molecule has 0 fully saturated rings. The molecule has 0 radical (unpaired) electrons. The lowest BCUT2D eigenvalue weighted by molar-refractivity contribution is 0.148. The molecule has 238 valence electrons. The zero-order valence-corrected chi connectivity index (χ0v) is 27.0. The van der Waals surface area contributed by atoms with E-state index >= 15 is 0 Å². The second-order valence-corrected chi connectivity index (χ2v) is 12.3. The van der Waals surface area contributed by atoms with Crippen LogP contribution in [0.3, 0.4) is 0 Å². The fourth-order valence-electron chi connectivity index (χ4n) is 5.02. The summed E-state index contributed by atoms with van der Waals surface area (Å²) in [6, 6.07) is 25.9. The molecule has 3 aromatic carbocycles. The smallest absolute Gasteiger partial charge is 0.407 e. The summed E-state index contributed by atoms with van der Waals surface area (Å²) in [4.78, 5) is 25.2. The van der Waals surface area contributed by atoms with E-state index < -0.39 is 6.09 Å². The Labute approximate surface area is 277 Å². The van der Waals surface area contributed by atoms with Crippen LogP contribution in [0.25, 0.3) is 21.9 Å². The number of fused-ring (bicyclic) bond motifs is 1. The molecule has 2 heterocycles. The number of nitriles is 1. The van der Waals surface area contributed by atoms with Gasteiger partial charge >= 0.3 is 6.09 Å².